The van der Waals surface area contributed by atoms with Gasteiger partial charge in [0.25, 0.3) is 0 Å². The van der Waals surface area contributed by atoms with Gasteiger partial charge in [-0.25, -0.2) is 0 Å². The van der Waals surface area contributed by atoms with Crippen LogP contribution in [0.2, 0.25) is 0 Å². The van der Waals surface area contributed by atoms with Crippen LogP contribution >= 0.6 is 0 Å². The van der Waals surface area contributed by atoms with Crippen LogP contribution in [0.3, 0.4) is 0 Å². The lowest BCUT2D eigenvalue weighted by Gasteiger charge is -2.40. The Morgan fingerprint density at radius 1 is 1.50 bits per heavy atom. The highest BCUT2D eigenvalue weighted by atomic mass is 16.5. The summed E-state index contributed by atoms with van der Waals surface area (Å²) in [6.45, 7) is 8.91. The molecule has 1 saturated carbocycles. The van der Waals surface area contributed by atoms with Crippen molar-refractivity contribution >= 4 is 5.97 Å². The van der Waals surface area contributed by atoms with E-state index in [4.69, 9.17) is 4.74 Å². The first-order valence-electron chi connectivity index (χ1n) is 5.65. The molecule has 2 nitrogen and oxygen atoms in total. The van der Waals surface area contributed by atoms with Crippen molar-refractivity contribution in [1.29, 1.82) is 0 Å². The van der Waals surface area contributed by atoms with Crippen molar-refractivity contribution in [2.24, 2.45) is 17.3 Å². The van der Waals surface area contributed by atoms with Crippen LogP contribution in [-0.4, -0.2) is 12.6 Å². The molecule has 0 aromatic carbocycles. The van der Waals surface area contributed by atoms with Crippen LogP contribution < -0.4 is 0 Å². The molecule has 0 aromatic heterocycles. The first-order chi connectivity index (χ1) is 6.49. The number of carbonyl (C=O) groups is 1. The largest absolute Gasteiger partial charge is 0.466 e. The second-order valence-electron chi connectivity index (χ2n) is 5.09. The quantitative estimate of drug-likeness (QED) is 0.637. The summed E-state index contributed by atoms with van der Waals surface area (Å²) in [7, 11) is 0. The summed E-state index contributed by atoms with van der Waals surface area (Å²) in [5.41, 5.74) is 0.115. The topological polar surface area (TPSA) is 26.3 Å². The first kappa shape index (κ1) is 11.5. The lowest BCUT2D eigenvalue weighted by atomic mass is 9.64. The van der Waals surface area contributed by atoms with Gasteiger partial charge in [-0.3, -0.25) is 4.79 Å². The molecule has 0 heterocycles. The summed E-state index contributed by atoms with van der Waals surface area (Å²) >= 11 is 0. The minimum absolute atomic E-state index is 0.00435. The smallest absolute Gasteiger partial charge is 0.309 e. The van der Waals surface area contributed by atoms with E-state index in [1.54, 1.807) is 0 Å². The molecule has 0 spiro atoms. The van der Waals surface area contributed by atoms with Crippen LogP contribution in [0.4, 0.5) is 0 Å². The van der Waals surface area contributed by atoms with Crippen molar-refractivity contribution in [1.82, 2.24) is 0 Å². The van der Waals surface area contributed by atoms with Crippen molar-refractivity contribution < 1.29 is 9.53 Å². The maximum absolute atomic E-state index is 11.8. The highest BCUT2D eigenvalue weighted by molar-refractivity contribution is 5.73. The molecule has 0 amide bonds. The van der Waals surface area contributed by atoms with Crippen molar-refractivity contribution in [3.05, 3.63) is 0 Å². The van der Waals surface area contributed by atoms with Gasteiger partial charge < -0.3 is 4.74 Å². The minimum atomic E-state index is 0.00435. The Labute approximate surface area is 87.0 Å². The number of carbonyl (C=O) groups excluding carboxylic acids is 1. The molecule has 1 aliphatic rings. The molecule has 1 aliphatic carbocycles. The van der Waals surface area contributed by atoms with Gasteiger partial charge in [0.05, 0.1) is 12.5 Å². The molecule has 0 N–H and O–H groups in total. The van der Waals surface area contributed by atoms with Gasteiger partial charge in [-0.2, -0.15) is 0 Å². The molecule has 1 rings (SSSR count). The zero-order valence-electron chi connectivity index (χ0n) is 9.80. The summed E-state index contributed by atoms with van der Waals surface area (Å²) in [5.74, 6) is 0.568. The van der Waals surface area contributed by atoms with Gasteiger partial charge >= 0.3 is 5.97 Å². The van der Waals surface area contributed by atoms with Crippen LogP contribution in [0.15, 0.2) is 0 Å². The highest BCUT2D eigenvalue weighted by Gasteiger charge is 2.42. The van der Waals surface area contributed by atoms with Crippen molar-refractivity contribution in [3.8, 4) is 0 Å². The number of hydrogen-bond acceptors (Lipinski definition) is 2. The zero-order chi connectivity index (χ0) is 10.8. The fraction of sp³-hybridized carbons (Fsp3) is 0.917. The standard InChI is InChI=1S/C12H22O2/c1-5-14-11(13)10-9(2)7-6-8-12(10,3)4/h9-10H,5-8H2,1-4H3/t9-,10?/m0/s1. The Morgan fingerprint density at radius 3 is 2.64 bits per heavy atom. The molecule has 82 valence electrons. The monoisotopic (exact) mass is 198 g/mol. The summed E-state index contributed by atoms with van der Waals surface area (Å²) in [6.07, 6.45) is 3.54. The maximum Gasteiger partial charge on any atom is 0.309 e. The summed E-state index contributed by atoms with van der Waals surface area (Å²) in [4.78, 5) is 11.8. The Morgan fingerprint density at radius 2 is 2.14 bits per heavy atom. The molecule has 0 radical (unpaired) electrons. The molecule has 1 fully saturated rings. The normalized spacial score (nSPS) is 31.1. The minimum Gasteiger partial charge on any atom is -0.466 e. The van der Waals surface area contributed by atoms with Crippen LogP contribution in [0.5, 0.6) is 0 Å². The summed E-state index contributed by atoms with van der Waals surface area (Å²) in [6, 6.07) is 0. The first-order valence-corrected chi connectivity index (χ1v) is 5.65. The fourth-order valence-electron chi connectivity index (χ4n) is 2.76. The second kappa shape index (κ2) is 4.33. The van der Waals surface area contributed by atoms with Crippen molar-refractivity contribution in [2.75, 3.05) is 6.61 Å². The van der Waals surface area contributed by atoms with Gasteiger partial charge in [0.2, 0.25) is 0 Å². The fourth-order valence-corrected chi connectivity index (χ4v) is 2.76. The SMILES string of the molecule is CCOC(=O)C1[C@@H](C)CCCC1(C)C. The molecule has 0 saturated heterocycles. The lowest BCUT2D eigenvalue weighted by Crippen LogP contribution is -2.40. The Kier molecular flexibility index (Phi) is 3.57. The number of rotatable bonds is 2. The van der Waals surface area contributed by atoms with Crippen molar-refractivity contribution in [3.63, 3.8) is 0 Å². The van der Waals surface area contributed by atoms with E-state index >= 15 is 0 Å². The molecule has 14 heavy (non-hydrogen) atoms. The van der Waals surface area contributed by atoms with E-state index in [9.17, 15) is 4.79 Å². The Balaban J connectivity index is 2.74. The van der Waals surface area contributed by atoms with Gasteiger partial charge in [0.15, 0.2) is 0 Å². The van der Waals surface area contributed by atoms with E-state index in [0.29, 0.717) is 12.5 Å². The molecule has 1 unspecified atom stereocenters. The molecule has 0 aromatic rings. The molecule has 2 heteroatoms. The van der Waals surface area contributed by atoms with Gasteiger partial charge in [0.1, 0.15) is 0 Å². The van der Waals surface area contributed by atoms with Gasteiger partial charge in [0, 0.05) is 0 Å². The third kappa shape index (κ3) is 2.28. The molecule has 0 bridgehead atoms. The second-order valence-corrected chi connectivity index (χ2v) is 5.09. The maximum atomic E-state index is 11.8. The third-order valence-corrected chi connectivity index (χ3v) is 3.43. The predicted molar refractivity (Wildman–Crippen MR) is 56.9 cm³/mol. The van der Waals surface area contributed by atoms with E-state index < -0.39 is 0 Å². The number of hydrogen-bond donors (Lipinski definition) is 0. The van der Waals surface area contributed by atoms with Crippen LogP contribution in [-0.2, 0) is 9.53 Å². The molecular formula is C12H22O2. The number of ether oxygens (including phenoxy) is 1. The Bertz CT molecular complexity index is 208. The van der Waals surface area contributed by atoms with Gasteiger partial charge in [-0.15, -0.1) is 0 Å². The summed E-state index contributed by atoms with van der Waals surface area (Å²) < 4.78 is 5.15. The highest BCUT2D eigenvalue weighted by Crippen LogP contribution is 2.44. The van der Waals surface area contributed by atoms with Gasteiger partial charge in [-0.05, 0) is 31.1 Å². The van der Waals surface area contributed by atoms with Crippen LogP contribution in [0.25, 0.3) is 0 Å². The van der Waals surface area contributed by atoms with E-state index in [1.165, 1.54) is 6.42 Å². The molecular weight excluding hydrogens is 176 g/mol. The predicted octanol–water partition coefficient (Wildman–Crippen LogP) is 3.01. The van der Waals surface area contributed by atoms with E-state index in [0.717, 1.165) is 12.8 Å². The average molecular weight is 198 g/mol. The molecule has 2 atom stereocenters. The van der Waals surface area contributed by atoms with E-state index in [-0.39, 0.29) is 17.3 Å². The lowest BCUT2D eigenvalue weighted by molar-refractivity contribution is -0.157. The molecule has 0 aliphatic heterocycles. The Hall–Kier alpha value is -0.530. The zero-order valence-corrected chi connectivity index (χ0v) is 9.80. The summed E-state index contributed by atoms with van der Waals surface area (Å²) in [5, 5.41) is 0. The number of esters is 1. The van der Waals surface area contributed by atoms with Crippen molar-refractivity contribution in [2.45, 2.75) is 47.0 Å². The van der Waals surface area contributed by atoms with E-state index in [2.05, 4.69) is 20.8 Å². The third-order valence-electron chi connectivity index (χ3n) is 3.43. The van der Waals surface area contributed by atoms with Gasteiger partial charge in [-0.1, -0.05) is 27.2 Å². The van der Waals surface area contributed by atoms with Crippen LogP contribution in [0.1, 0.15) is 47.0 Å². The van der Waals surface area contributed by atoms with Crippen LogP contribution in [0, 0.1) is 17.3 Å². The average Bonchev–Trinajstić information content (AvgIpc) is 2.02. The van der Waals surface area contributed by atoms with E-state index in [1.807, 2.05) is 6.92 Å².